The number of ether oxygens (including phenoxy) is 1. The Morgan fingerprint density at radius 2 is 2.07 bits per heavy atom. The second-order valence-electron chi connectivity index (χ2n) is 2.80. The summed E-state index contributed by atoms with van der Waals surface area (Å²) < 4.78 is 35.8. The number of hydrogen-bond donors (Lipinski definition) is 1. The first-order valence-electron chi connectivity index (χ1n) is 4.13. The monoisotopic (exact) mass is 216 g/mol. The Morgan fingerprint density at radius 1 is 1.43 bits per heavy atom. The maximum absolute atomic E-state index is 11.0. The molecule has 0 saturated carbocycles. The van der Waals surface area contributed by atoms with E-state index in [0.29, 0.717) is 17.7 Å². The summed E-state index contributed by atoms with van der Waals surface area (Å²) in [4.78, 5) is -0.0839. The van der Waals surface area contributed by atoms with Crippen LogP contribution < -0.4 is 4.74 Å². The van der Waals surface area contributed by atoms with E-state index in [1.165, 1.54) is 13.2 Å². The van der Waals surface area contributed by atoms with Gasteiger partial charge in [0, 0.05) is 6.07 Å². The average molecular weight is 216 g/mol. The SMILES string of the molecule is CCc1ccc(OC)cc1S(=O)(=O)O. The summed E-state index contributed by atoms with van der Waals surface area (Å²) in [7, 11) is -2.72. The fraction of sp³-hybridized carbons (Fsp3) is 0.333. The van der Waals surface area contributed by atoms with Crippen molar-refractivity contribution in [2.45, 2.75) is 18.2 Å². The van der Waals surface area contributed by atoms with E-state index in [1.807, 2.05) is 6.92 Å². The molecule has 0 bridgehead atoms. The Labute approximate surface area is 83.3 Å². The van der Waals surface area contributed by atoms with Crippen molar-refractivity contribution in [1.82, 2.24) is 0 Å². The summed E-state index contributed by atoms with van der Waals surface area (Å²) in [6, 6.07) is 4.60. The summed E-state index contributed by atoms with van der Waals surface area (Å²) >= 11 is 0. The van der Waals surface area contributed by atoms with Gasteiger partial charge in [-0.3, -0.25) is 4.55 Å². The van der Waals surface area contributed by atoms with Crippen LogP contribution >= 0.6 is 0 Å². The van der Waals surface area contributed by atoms with Crippen LogP contribution in [-0.4, -0.2) is 20.1 Å². The molecule has 14 heavy (non-hydrogen) atoms. The lowest BCUT2D eigenvalue weighted by Crippen LogP contribution is -2.03. The van der Waals surface area contributed by atoms with Crippen molar-refractivity contribution in [1.29, 1.82) is 0 Å². The van der Waals surface area contributed by atoms with E-state index in [2.05, 4.69) is 0 Å². The van der Waals surface area contributed by atoms with Gasteiger partial charge in [0.2, 0.25) is 0 Å². The van der Waals surface area contributed by atoms with Crippen LogP contribution in [0.4, 0.5) is 0 Å². The van der Waals surface area contributed by atoms with Gasteiger partial charge in [-0.05, 0) is 18.1 Å². The van der Waals surface area contributed by atoms with Crippen LogP contribution in [0.1, 0.15) is 12.5 Å². The zero-order valence-electron chi connectivity index (χ0n) is 8.02. The normalized spacial score (nSPS) is 11.4. The highest BCUT2D eigenvalue weighted by Gasteiger charge is 2.15. The molecular formula is C9H12O4S. The van der Waals surface area contributed by atoms with E-state index in [1.54, 1.807) is 12.1 Å². The molecule has 1 N–H and O–H groups in total. The lowest BCUT2D eigenvalue weighted by molar-refractivity contribution is 0.412. The van der Waals surface area contributed by atoms with E-state index < -0.39 is 10.1 Å². The number of hydrogen-bond acceptors (Lipinski definition) is 3. The fourth-order valence-electron chi connectivity index (χ4n) is 1.19. The summed E-state index contributed by atoms with van der Waals surface area (Å²) in [6.45, 7) is 1.82. The Hall–Kier alpha value is -1.07. The molecule has 78 valence electrons. The minimum atomic E-state index is -4.16. The molecule has 5 heteroatoms. The third-order valence-electron chi connectivity index (χ3n) is 1.93. The maximum Gasteiger partial charge on any atom is 0.294 e. The predicted molar refractivity (Wildman–Crippen MR) is 52.2 cm³/mol. The molecule has 0 amide bonds. The highest BCUT2D eigenvalue weighted by molar-refractivity contribution is 7.85. The van der Waals surface area contributed by atoms with Crippen LogP contribution in [0.5, 0.6) is 5.75 Å². The topological polar surface area (TPSA) is 63.6 Å². The molecule has 1 rings (SSSR count). The highest BCUT2D eigenvalue weighted by atomic mass is 32.2. The van der Waals surface area contributed by atoms with Gasteiger partial charge in [-0.25, -0.2) is 0 Å². The smallest absolute Gasteiger partial charge is 0.294 e. The highest BCUT2D eigenvalue weighted by Crippen LogP contribution is 2.22. The van der Waals surface area contributed by atoms with Crippen molar-refractivity contribution in [2.24, 2.45) is 0 Å². The first-order valence-corrected chi connectivity index (χ1v) is 5.57. The summed E-state index contributed by atoms with van der Waals surface area (Å²) in [5.74, 6) is 0.412. The molecule has 1 aromatic carbocycles. The third kappa shape index (κ3) is 2.24. The molecule has 0 heterocycles. The van der Waals surface area contributed by atoms with Crippen LogP contribution in [0.3, 0.4) is 0 Å². The van der Waals surface area contributed by atoms with Crippen LogP contribution in [0.2, 0.25) is 0 Å². The van der Waals surface area contributed by atoms with E-state index in [4.69, 9.17) is 9.29 Å². The summed E-state index contributed by atoms with van der Waals surface area (Å²) in [6.07, 6.45) is 0.541. The zero-order valence-corrected chi connectivity index (χ0v) is 8.84. The minimum absolute atomic E-state index is 0.0839. The molecule has 0 aliphatic heterocycles. The zero-order chi connectivity index (χ0) is 10.8. The van der Waals surface area contributed by atoms with Gasteiger partial charge in [0.1, 0.15) is 10.6 Å². The average Bonchev–Trinajstić information content (AvgIpc) is 2.15. The van der Waals surface area contributed by atoms with Crippen molar-refractivity contribution < 1.29 is 17.7 Å². The fourth-order valence-corrected chi connectivity index (χ4v) is 2.00. The van der Waals surface area contributed by atoms with E-state index in [-0.39, 0.29) is 4.90 Å². The molecule has 0 unspecified atom stereocenters. The van der Waals surface area contributed by atoms with E-state index in [9.17, 15) is 8.42 Å². The van der Waals surface area contributed by atoms with Crippen LogP contribution in [0, 0.1) is 0 Å². The van der Waals surface area contributed by atoms with Gasteiger partial charge >= 0.3 is 0 Å². The Kier molecular flexibility index (Phi) is 3.13. The molecule has 0 atom stereocenters. The lowest BCUT2D eigenvalue weighted by atomic mass is 10.2. The standard InChI is InChI=1S/C9H12O4S/c1-3-7-4-5-8(13-2)6-9(7)14(10,11)12/h4-6H,3H2,1-2H3,(H,10,11,12). The summed E-state index contributed by atoms with van der Waals surface area (Å²) in [5.41, 5.74) is 0.577. The second-order valence-corrected chi connectivity index (χ2v) is 4.19. The van der Waals surface area contributed by atoms with Crippen LogP contribution in [0.25, 0.3) is 0 Å². The summed E-state index contributed by atoms with van der Waals surface area (Å²) in [5, 5.41) is 0. The largest absolute Gasteiger partial charge is 0.497 e. The minimum Gasteiger partial charge on any atom is -0.497 e. The maximum atomic E-state index is 11.0. The molecule has 0 fully saturated rings. The first kappa shape index (κ1) is 11.0. The van der Waals surface area contributed by atoms with Crippen molar-refractivity contribution in [3.8, 4) is 5.75 Å². The van der Waals surface area contributed by atoms with Gasteiger partial charge in [-0.1, -0.05) is 13.0 Å². The second kappa shape index (κ2) is 3.98. The van der Waals surface area contributed by atoms with Gasteiger partial charge < -0.3 is 4.74 Å². The number of benzene rings is 1. The molecule has 0 spiro atoms. The molecular weight excluding hydrogens is 204 g/mol. The van der Waals surface area contributed by atoms with Gasteiger partial charge in [0.15, 0.2) is 0 Å². The molecule has 0 aliphatic carbocycles. The Bertz CT molecular complexity index is 422. The van der Waals surface area contributed by atoms with Crippen LogP contribution in [0.15, 0.2) is 23.1 Å². The molecule has 0 aromatic heterocycles. The molecule has 0 radical (unpaired) electrons. The number of rotatable bonds is 3. The van der Waals surface area contributed by atoms with Crippen molar-refractivity contribution in [2.75, 3.05) is 7.11 Å². The predicted octanol–water partition coefficient (Wildman–Crippen LogP) is 1.50. The number of aryl methyl sites for hydroxylation is 1. The lowest BCUT2D eigenvalue weighted by Gasteiger charge is -2.06. The van der Waals surface area contributed by atoms with Gasteiger partial charge in [-0.15, -0.1) is 0 Å². The van der Waals surface area contributed by atoms with Gasteiger partial charge in [0.05, 0.1) is 7.11 Å². The van der Waals surface area contributed by atoms with Crippen LogP contribution in [-0.2, 0) is 16.5 Å². The first-order chi connectivity index (χ1) is 6.49. The van der Waals surface area contributed by atoms with Gasteiger partial charge in [0.25, 0.3) is 10.1 Å². The molecule has 0 aliphatic rings. The molecule has 1 aromatic rings. The quantitative estimate of drug-likeness (QED) is 0.778. The molecule has 4 nitrogen and oxygen atoms in total. The number of methoxy groups -OCH3 is 1. The van der Waals surface area contributed by atoms with Gasteiger partial charge in [-0.2, -0.15) is 8.42 Å². The van der Waals surface area contributed by atoms with Crippen molar-refractivity contribution >= 4 is 10.1 Å². The van der Waals surface area contributed by atoms with E-state index in [0.717, 1.165) is 0 Å². The Morgan fingerprint density at radius 3 is 2.50 bits per heavy atom. The molecule has 0 saturated heterocycles. The van der Waals surface area contributed by atoms with E-state index >= 15 is 0 Å². The Balaban J connectivity index is 3.37. The van der Waals surface area contributed by atoms with Crippen molar-refractivity contribution in [3.63, 3.8) is 0 Å². The third-order valence-corrected chi connectivity index (χ3v) is 2.87. The van der Waals surface area contributed by atoms with Crippen molar-refractivity contribution in [3.05, 3.63) is 23.8 Å².